The fourth-order valence-electron chi connectivity index (χ4n) is 3.02. The maximum Gasteiger partial charge on any atom is 0.326 e. The van der Waals surface area contributed by atoms with Gasteiger partial charge in [0, 0.05) is 17.7 Å². The van der Waals surface area contributed by atoms with Gasteiger partial charge in [-0.05, 0) is 25.0 Å². The zero-order valence-corrected chi connectivity index (χ0v) is 16.3. The summed E-state index contributed by atoms with van der Waals surface area (Å²) in [4.78, 5) is 47.6. The number of imide groups is 1. The van der Waals surface area contributed by atoms with Crippen LogP contribution in [0.5, 0.6) is 0 Å². The quantitative estimate of drug-likeness (QED) is 0.292. The van der Waals surface area contributed by atoms with E-state index in [4.69, 9.17) is 9.15 Å². The molecule has 158 valence electrons. The van der Waals surface area contributed by atoms with Gasteiger partial charge >= 0.3 is 12.0 Å². The van der Waals surface area contributed by atoms with Crippen molar-refractivity contribution in [1.82, 2.24) is 20.4 Å². The number of hydrogen-bond donors (Lipinski definition) is 1. The maximum atomic E-state index is 12.5. The Morgan fingerprint density at radius 1 is 1.23 bits per heavy atom. The van der Waals surface area contributed by atoms with Gasteiger partial charge in [-0.1, -0.05) is 13.8 Å². The molecule has 1 fully saturated rings. The highest BCUT2D eigenvalue weighted by molar-refractivity contribution is 6.08. The molecule has 0 atom stereocenters. The Bertz CT molecular complexity index is 981. The van der Waals surface area contributed by atoms with E-state index in [1.165, 1.54) is 24.3 Å². The van der Waals surface area contributed by atoms with E-state index in [1.807, 2.05) is 0 Å². The molecule has 1 N–H and O–H groups in total. The molecule has 1 aliphatic heterocycles. The number of carbonyl (C=O) groups is 3. The summed E-state index contributed by atoms with van der Waals surface area (Å²) in [7, 11) is 0. The predicted molar refractivity (Wildman–Crippen MR) is 99.7 cm³/mol. The number of nitrogens with one attached hydrogen (secondary N) is 1. The van der Waals surface area contributed by atoms with Crippen molar-refractivity contribution in [3.05, 3.63) is 40.3 Å². The Hall–Kier alpha value is -3.83. The van der Waals surface area contributed by atoms with Crippen molar-refractivity contribution in [1.29, 1.82) is 0 Å². The average Bonchev–Trinajstić information content (AvgIpc) is 3.31. The second-order valence-electron chi connectivity index (χ2n) is 6.58. The molecule has 1 aliphatic rings. The Balaban J connectivity index is 1.57. The highest BCUT2D eigenvalue weighted by Crippen LogP contribution is 2.25. The molecule has 1 aromatic carbocycles. The SMILES string of the molecule is CCC1(CC)NC(=O)N(CC(=O)OCc2nnc(-c3ccc([N+](=O)[O-])cc3)o2)C1=O. The first kappa shape index (κ1) is 20.9. The van der Waals surface area contributed by atoms with Gasteiger partial charge in [0.05, 0.1) is 4.92 Å². The summed E-state index contributed by atoms with van der Waals surface area (Å²) in [6.07, 6.45) is 0.819. The number of nitro benzene ring substituents is 1. The van der Waals surface area contributed by atoms with Crippen LogP contribution < -0.4 is 5.32 Å². The molecule has 1 saturated heterocycles. The lowest BCUT2D eigenvalue weighted by atomic mass is 9.93. The molecular weight excluding hydrogens is 398 g/mol. The summed E-state index contributed by atoms with van der Waals surface area (Å²) in [6, 6.07) is 4.85. The third-order valence-electron chi connectivity index (χ3n) is 4.89. The van der Waals surface area contributed by atoms with Gasteiger partial charge in [0.15, 0.2) is 6.61 Å². The molecule has 0 saturated carbocycles. The largest absolute Gasteiger partial charge is 0.454 e. The van der Waals surface area contributed by atoms with Gasteiger partial charge in [-0.2, -0.15) is 0 Å². The Morgan fingerprint density at radius 3 is 2.47 bits per heavy atom. The van der Waals surface area contributed by atoms with E-state index in [9.17, 15) is 24.5 Å². The minimum absolute atomic E-state index is 0.00892. The topological polar surface area (TPSA) is 158 Å². The number of urea groups is 1. The van der Waals surface area contributed by atoms with Gasteiger partial charge in [0.2, 0.25) is 5.89 Å². The van der Waals surface area contributed by atoms with Crippen LogP contribution in [0.3, 0.4) is 0 Å². The fraction of sp³-hybridized carbons (Fsp3) is 0.389. The molecule has 0 spiro atoms. The number of hydrogen-bond acceptors (Lipinski definition) is 9. The number of benzene rings is 1. The average molecular weight is 417 g/mol. The Labute approximate surface area is 170 Å². The molecule has 0 aliphatic carbocycles. The number of amides is 3. The van der Waals surface area contributed by atoms with Crippen LogP contribution in [0.1, 0.15) is 32.6 Å². The van der Waals surface area contributed by atoms with Gasteiger partial charge < -0.3 is 14.5 Å². The lowest BCUT2D eigenvalue weighted by Crippen LogP contribution is -2.46. The van der Waals surface area contributed by atoms with Crippen LogP contribution in [-0.4, -0.2) is 50.0 Å². The molecule has 3 rings (SSSR count). The third kappa shape index (κ3) is 3.97. The summed E-state index contributed by atoms with van der Waals surface area (Å²) in [5.41, 5.74) is -0.618. The first-order valence-electron chi connectivity index (χ1n) is 9.16. The lowest BCUT2D eigenvalue weighted by Gasteiger charge is -2.22. The van der Waals surface area contributed by atoms with Crippen LogP contribution in [-0.2, 0) is 20.9 Å². The smallest absolute Gasteiger partial charge is 0.326 e. The van der Waals surface area contributed by atoms with E-state index in [1.54, 1.807) is 13.8 Å². The molecule has 3 amide bonds. The molecule has 2 aromatic rings. The highest BCUT2D eigenvalue weighted by Gasteiger charge is 2.49. The molecule has 0 radical (unpaired) electrons. The number of nitro groups is 1. The van der Waals surface area contributed by atoms with Gasteiger partial charge in [-0.25, -0.2) is 4.79 Å². The number of aromatic nitrogens is 2. The molecule has 30 heavy (non-hydrogen) atoms. The summed E-state index contributed by atoms with van der Waals surface area (Å²) < 4.78 is 10.4. The second kappa shape index (κ2) is 8.27. The van der Waals surface area contributed by atoms with E-state index < -0.39 is 34.9 Å². The summed E-state index contributed by atoms with van der Waals surface area (Å²) in [5.74, 6) is -1.18. The minimum atomic E-state index is -0.997. The first-order chi connectivity index (χ1) is 14.3. The van der Waals surface area contributed by atoms with Crippen molar-refractivity contribution in [3.8, 4) is 11.5 Å². The van der Waals surface area contributed by atoms with E-state index in [-0.39, 0.29) is 24.1 Å². The van der Waals surface area contributed by atoms with Crippen LogP contribution in [0, 0.1) is 10.1 Å². The van der Waals surface area contributed by atoms with Crippen LogP contribution in [0.15, 0.2) is 28.7 Å². The van der Waals surface area contributed by atoms with Crippen molar-refractivity contribution in [2.24, 2.45) is 0 Å². The number of non-ortho nitro benzene ring substituents is 1. The number of esters is 1. The number of rotatable bonds is 8. The van der Waals surface area contributed by atoms with Crippen molar-refractivity contribution >= 4 is 23.6 Å². The van der Waals surface area contributed by atoms with Crippen LogP contribution in [0.4, 0.5) is 10.5 Å². The molecule has 0 unspecified atom stereocenters. The molecule has 12 heteroatoms. The van der Waals surface area contributed by atoms with Gasteiger partial charge in [-0.3, -0.25) is 24.6 Å². The van der Waals surface area contributed by atoms with Crippen LogP contribution in [0.2, 0.25) is 0 Å². The van der Waals surface area contributed by atoms with Crippen molar-refractivity contribution in [2.45, 2.75) is 38.8 Å². The Morgan fingerprint density at radius 2 is 1.90 bits per heavy atom. The lowest BCUT2D eigenvalue weighted by molar-refractivity contribution is -0.384. The van der Waals surface area contributed by atoms with E-state index in [0.717, 1.165) is 4.90 Å². The molecule has 12 nitrogen and oxygen atoms in total. The second-order valence-corrected chi connectivity index (χ2v) is 6.58. The van der Waals surface area contributed by atoms with Gasteiger partial charge in [0.1, 0.15) is 12.1 Å². The van der Waals surface area contributed by atoms with E-state index in [0.29, 0.717) is 18.4 Å². The monoisotopic (exact) mass is 417 g/mol. The van der Waals surface area contributed by atoms with Crippen LogP contribution >= 0.6 is 0 Å². The summed E-state index contributed by atoms with van der Waals surface area (Å²) in [6.45, 7) is 2.67. The van der Waals surface area contributed by atoms with Gasteiger partial charge in [-0.15, -0.1) is 10.2 Å². The van der Waals surface area contributed by atoms with E-state index >= 15 is 0 Å². The van der Waals surface area contributed by atoms with Crippen molar-refractivity contribution in [3.63, 3.8) is 0 Å². The highest BCUT2D eigenvalue weighted by atomic mass is 16.6. The molecule has 0 bridgehead atoms. The summed E-state index contributed by atoms with van der Waals surface area (Å²) in [5, 5.41) is 20.9. The zero-order chi connectivity index (χ0) is 21.9. The number of ether oxygens (including phenoxy) is 1. The number of nitrogens with zero attached hydrogens (tertiary/aromatic N) is 4. The molecule has 1 aromatic heterocycles. The minimum Gasteiger partial charge on any atom is -0.454 e. The maximum absolute atomic E-state index is 12.5. The predicted octanol–water partition coefficient (Wildman–Crippen LogP) is 1.80. The van der Waals surface area contributed by atoms with E-state index in [2.05, 4.69) is 15.5 Å². The van der Waals surface area contributed by atoms with Gasteiger partial charge in [0.25, 0.3) is 17.5 Å². The molecule has 2 heterocycles. The summed E-state index contributed by atoms with van der Waals surface area (Å²) >= 11 is 0. The van der Waals surface area contributed by atoms with Crippen molar-refractivity contribution in [2.75, 3.05) is 6.54 Å². The zero-order valence-electron chi connectivity index (χ0n) is 16.3. The fourth-order valence-corrected chi connectivity index (χ4v) is 3.02. The number of carbonyl (C=O) groups excluding carboxylic acids is 3. The van der Waals surface area contributed by atoms with Crippen molar-refractivity contribution < 1.29 is 28.5 Å². The normalized spacial score (nSPS) is 15.2. The first-order valence-corrected chi connectivity index (χ1v) is 9.16. The molecular formula is C18H19N5O7. The standard InChI is InChI=1S/C18H19N5O7/c1-3-18(4-2)16(25)22(17(26)19-18)9-14(24)29-10-13-20-21-15(30-13)11-5-7-12(8-6-11)23(27)28/h5-8H,3-4,9-10H2,1-2H3,(H,19,26). The third-order valence-corrected chi connectivity index (χ3v) is 4.89. The van der Waals surface area contributed by atoms with Crippen LogP contribution in [0.25, 0.3) is 11.5 Å². The Kier molecular flexibility index (Phi) is 5.76.